The largest absolute Gasteiger partial charge is 0.317 e. The molecule has 1 N–H and O–H groups in total. The zero-order chi connectivity index (χ0) is 11.5. The van der Waals surface area contributed by atoms with Crippen molar-refractivity contribution < 1.29 is 0 Å². The third-order valence-electron chi connectivity index (χ3n) is 3.70. The number of nitrogens with zero attached hydrogens (tertiary/aromatic N) is 1. The molecule has 3 rings (SSSR count). The summed E-state index contributed by atoms with van der Waals surface area (Å²) in [5.74, 6) is 0.692. The van der Waals surface area contributed by atoms with Gasteiger partial charge in [0.1, 0.15) is 0 Å². The molecular weight excluding hydrogens is 208 g/mol. The molecule has 0 spiro atoms. The van der Waals surface area contributed by atoms with E-state index in [9.17, 15) is 0 Å². The molecule has 1 fully saturated rings. The number of fused-ring (bicyclic) bond motifs is 1. The Morgan fingerprint density at radius 1 is 1.06 bits per heavy atom. The predicted molar refractivity (Wildman–Crippen MR) is 71.2 cm³/mol. The average molecular weight is 226 g/mol. The number of rotatable bonds is 1. The van der Waals surface area contributed by atoms with Crippen LogP contribution in [0.1, 0.15) is 30.7 Å². The number of para-hydroxylation sites is 1. The van der Waals surface area contributed by atoms with Gasteiger partial charge in [-0.25, -0.2) is 0 Å². The van der Waals surface area contributed by atoms with Crippen LogP contribution < -0.4 is 5.32 Å². The van der Waals surface area contributed by atoms with Crippen LogP contribution in [0.4, 0.5) is 0 Å². The lowest BCUT2D eigenvalue weighted by Gasteiger charge is -2.16. The summed E-state index contributed by atoms with van der Waals surface area (Å²) in [5.41, 5.74) is 2.61. The molecule has 0 radical (unpaired) electrons. The fraction of sp³-hybridized carbons (Fsp3) is 0.400. The number of hydrogen-bond acceptors (Lipinski definition) is 2. The molecule has 2 nitrogen and oxygen atoms in total. The Labute approximate surface area is 102 Å². The second kappa shape index (κ2) is 4.84. The van der Waals surface area contributed by atoms with Crippen LogP contribution in [0, 0.1) is 0 Å². The molecule has 0 saturated carbocycles. The van der Waals surface area contributed by atoms with Crippen molar-refractivity contribution in [2.45, 2.75) is 25.2 Å². The Bertz CT molecular complexity index is 494. The van der Waals surface area contributed by atoms with Crippen molar-refractivity contribution in [2.75, 3.05) is 13.1 Å². The number of benzene rings is 1. The summed E-state index contributed by atoms with van der Waals surface area (Å²) in [6, 6.07) is 10.7. The van der Waals surface area contributed by atoms with Crippen LogP contribution in [0.15, 0.2) is 36.5 Å². The molecule has 0 aliphatic carbocycles. The molecule has 2 heterocycles. The van der Waals surface area contributed by atoms with E-state index in [0.29, 0.717) is 5.92 Å². The Morgan fingerprint density at radius 2 is 2.00 bits per heavy atom. The van der Waals surface area contributed by atoms with E-state index in [0.717, 1.165) is 12.1 Å². The molecule has 0 bridgehead atoms. The standard InChI is InChI=1S/C15H18N2/c1-2-6-15-14(5-1)13(8-11-17-15)12-4-3-9-16-10-7-12/h1-2,5-6,8,11-12,16H,3-4,7,9-10H2. The van der Waals surface area contributed by atoms with Gasteiger partial charge in [-0.3, -0.25) is 4.98 Å². The summed E-state index contributed by atoms with van der Waals surface area (Å²) in [7, 11) is 0. The van der Waals surface area contributed by atoms with Gasteiger partial charge < -0.3 is 5.32 Å². The lowest BCUT2D eigenvalue weighted by molar-refractivity contribution is 0.613. The fourth-order valence-corrected chi connectivity index (χ4v) is 2.80. The molecule has 1 aromatic heterocycles. The molecular formula is C15H18N2. The minimum Gasteiger partial charge on any atom is -0.317 e. The van der Waals surface area contributed by atoms with E-state index in [1.165, 1.54) is 36.8 Å². The normalized spacial score (nSPS) is 21.3. The Hall–Kier alpha value is -1.41. The zero-order valence-corrected chi connectivity index (χ0v) is 10.0. The highest BCUT2D eigenvalue weighted by Gasteiger charge is 2.16. The van der Waals surface area contributed by atoms with Gasteiger partial charge in [0.25, 0.3) is 0 Å². The van der Waals surface area contributed by atoms with Crippen molar-refractivity contribution in [3.05, 3.63) is 42.1 Å². The van der Waals surface area contributed by atoms with Gasteiger partial charge >= 0.3 is 0 Å². The van der Waals surface area contributed by atoms with Crippen LogP contribution in [-0.4, -0.2) is 18.1 Å². The molecule has 1 atom stereocenters. The number of aromatic nitrogens is 1. The number of pyridine rings is 1. The second-order valence-electron chi connectivity index (χ2n) is 4.80. The van der Waals surface area contributed by atoms with Crippen molar-refractivity contribution >= 4 is 10.9 Å². The van der Waals surface area contributed by atoms with Gasteiger partial charge in [0.15, 0.2) is 0 Å². The summed E-state index contributed by atoms with van der Waals surface area (Å²) in [6.07, 6.45) is 5.77. The zero-order valence-electron chi connectivity index (χ0n) is 10.0. The molecule has 0 amide bonds. The van der Waals surface area contributed by atoms with Gasteiger partial charge in [0.05, 0.1) is 5.52 Å². The van der Waals surface area contributed by atoms with Gasteiger partial charge in [0.2, 0.25) is 0 Å². The first-order chi connectivity index (χ1) is 8.45. The molecule has 1 saturated heterocycles. The summed E-state index contributed by atoms with van der Waals surface area (Å²) in [5, 5.41) is 4.81. The molecule has 88 valence electrons. The highest BCUT2D eigenvalue weighted by molar-refractivity contribution is 5.82. The number of nitrogens with one attached hydrogen (secondary N) is 1. The van der Waals surface area contributed by atoms with Gasteiger partial charge in [-0.15, -0.1) is 0 Å². The lowest BCUT2D eigenvalue weighted by Crippen LogP contribution is -2.13. The van der Waals surface area contributed by atoms with E-state index >= 15 is 0 Å². The van der Waals surface area contributed by atoms with Crippen LogP contribution in [0.3, 0.4) is 0 Å². The van der Waals surface area contributed by atoms with Crippen LogP contribution in [0.25, 0.3) is 10.9 Å². The maximum absolute atomic E-state index is 4.44. The number of hydrogen-bond donors (Lipinski definition) is 1. The Kier molecular flexibility index (Phi) is 3.06. The SMILES string of the molecule is c1ccc2c(C3CCCNCC3)ccnc2c1. The van der Waals surface area contributed by atoms with E-state index in [1.54, 1.807) is 0 Å². The van der Waals surface area contributed by atoms with Gasteiger partial charge in [0, 0.05) is 11.6 Å². The Balaban J connectivity index is 2.03. The monoisotopic (exact) mass is 226 g/mol. The topological polar surface area (TPSA) is 24.9 Å². The molecule has 2 heteroatoms. The predicted octanol–water partition coefficient (Wildman–Crippen LogP) is 3.09. The van der Waals surface area contributed by atoms with Gasteiger partial charge in [-0.05, 0) is 56.0 Å². The minimum absolute atomic E-state index is 0.692. The van der Waals surface area contributed by atoms with Crippen molar-refractivity contribution in [1.82, 2.24) is 10.3 Å². The summed E-state index contributed by atoms with van der Waals surface area (Å²) < 4.78 is 0. The first-order valence-corrected chi connectivity index (χ1v) is 6.49. The Morgan fingerprint density at radius 3 is 3.00 bits per heavy atom. The smallest absolute Gasteiger partial charge is 0.0704 e. The highest BCUT2D eigenvalue weighted by Crippen LogP contribution is 2.30. The van der Waals surface area contributed by atoms with Crippen LogP contribution >= 0.6 is 0 Å². The van der Waals surface area contributed by atoms with Crippen LogP contribution in [-0.2, 0) is 0 Å². The first kappa shape index (κ1) is 10.7. The van der Waals surface area contributed by atoms with E-state index in [1.807, 2.05) is 6.20 Å². The van der Waals surface area contributed by atoms with Crippen molar-refractivity contribution in [1.29, 1.82) is 0 Å². The molecule has 1 aromatic carbocycles. The average Bonchev–Trinajstić information content (AvgIpc) is 2.67. The quantitative estimate of drug-likeness (QED) is 0.808. The summed E-state index contributed by atoms with van der Waals surface area (Å²) in [6.45, 7) is 2.31. The fourth-order valence-electron chi connectivity index (χ4n) is 2.80. The summed E-state index contributed by atoms with van der Waals surface area (Å²) >= 11 is 0. The van der Waals surface area contributed by atoms with Crippen LogP contribution in [0.5, 0.6) is 0 Å². The van der Waals surface area contributed by atoms with E-state index in [4.69, 9.17) is 0 Å². The molecule has 17 heavy (non-hydrogen) atoms. The first-order valence-electron chi connectivity index (χ1n) is 6.49. The minimum atomic E-state index is 0.692. The van der Waals surface area contributed by atoms with E-state index in [-0.39, 0.29) is 0 Å². The molecule has 1 unspecified atom stereocenters. The maximum atomic E-state index is 4.44. The molecule has 1 aliphatic heterocycles. The van der Waals surface area contributed by atoms with Gasteiger partial charge in [-0.2, -0.15) is 0 Å². The highest BCUT2D eigenvalue weighted by atomic mass is 14.8. The van der Waals surface area contributed by atoms with Crippen LogP contribution in [0.2, 0.25) is 0 Å². The lowest BCUT2D eigenvalue weighted by atomic mass is 9.90. The van der Waals surface area contributed by atoms with Crippen molar-refractivity contribution in [2.24, 2.45) is 0 Å². The summed E-state index contributed by atoms with van der Waals surface area (Å²) in [4.78, 5) is 4.44. The maximum Gasteiger partial charge on any atom is 0.0704 e. The molecule has 1 aliphatic rings. The van der Waals surface area contributed by atoms with Crippen molar-refractivity contribution in [3.8, 4) is 0 Å². The van der Waals surface area contributed by atoms with Gasteiger partial charge in [-0.1, -0.05) is 18.2 Å². The third kappa shape index (κ3) is 2.18. The van der Waals surface area contributed by atoms with Crippen molar-refractivity contribution in [3.63, 3.8) is 0 Å². The van der Waals surface area contributed by atoms with E-state index in [2.05, 4.69) is 40.6 Å². The second-order valence-corrected chi connectivity index (χ2v) is 4.80. The third-order valence-corrected chi connectivity index (χ3v) is 3.70. The van der Waals surface area contributed by atoms with E-state index < -0.39 is 0 Å². The molecule has 2 aromatic rings.